The van der Waals surface area contributed by atoms with Crippen molar-refractivity contribution < 1.29 is 9.47 Å². The monoisotopic (exact) mass is 350 g/mol. The number of H-pyrrole nitrogens is 1. The van der Waals surface area contributed by atoms with Crippen LogP contribution in [0.2, 0.25) is 0 Å². The van der Waals surface area contributed by atoms with Crippen LogP contribution < -0.4 is 20.3 Å². The van der Waals surface area contributed by atoms with Gasteiger partial charge >= 0.3 is 0 Å². The molecule has 0 bridgehead atoms. The summed E-state index contributed by atoms with van der Waals surface area (Å²) in [5, 5.41) is 4.28. The summed E-state index contributed by atoms with van der Waals surface area (Å²) in [5.41, 5.74) is 5.23. The predicted molar refractivity (Wildman–Crippen MR) is 103 cm³/mol. The van der Waals surface area contributed by atoms with Crippen molar-refractivity contribution in [3.8, 4) is 11.5 Å². The Morgan fingerprint density at radius 3 is 2.58 bits per heavy atom. The Morgan fingerprint density at radius 1 is 1.00 bits per heavy atom. The molecule has 0 aliphatic heterocycles. The molecular formula is C21H22N2O3. The smallest absolute Gasteiger partial charge is 0.253 e. The zero-order valence-corrected chi connectivity index (χ0v) is 15.0. The van der Waals surface area contributed by atoms with Gasteiger partial charge in [-0.3, -0.25) is 4.79 Å². The van der Waals surface area contributed by atoms with Gasteiger partial charge in [-0.15, -0.1) is 0 Å². The second-order valence-corrected chi connectivity index (χ2v) is 6.61. The zero-order valence-electron chi connectivity index (χ0n) is 15.0. The minimum Gasteiger partial charge on any atom is -0.493 e. The van der Waals surface area contributed by atoms with E-state index in [9.17, 15) is 4.79 Å². The number of hydrogen-bond acceptors (Lipinski definition) is 4. The van der Waals surface area contributed by atoms with Gasteiger partial charge in [0.2, 0.25) is 0 Å². The first kappa shape index (κ1) is 16.5. The van der Waals surface area contributed by atoms with E-state index in [4.69, 9.17) is 9.47 Å². The SMILES string of the molecule is COc1cc2cc(CNc3ccc4c(c3)CCC4)c(=O)[nH]c2cc1OC. The standard InChI is InChI=1S/C21H22N2O3/c1-25-19-10-15-8-16(21(24)23-18(15)11-20(19)26-2)12-22-17-7-6-13-4-3-5-14(13)9-17/h6-11,22H,3-5,12H2,1-2H3,(H,23,24). The average Bonchev–Trinajstić information content (AvgIpc) is 3.13. The van der Waals surface area contributed by atoms with E-state index in [-0.39, 0.29) is 5.56 Å². The first-order valence-corrected chi connectivity index (χ1v) is 8.81. The van der Waals surface area contributed by atoms with Crippen molar-refractivity contribution in [3.05, 3.63) is 63.4 Å². The van der Waals surface area contributed by atoms with E-state index in [1.807, 2.05) is 12.1 Å². The second-order valence-electron chi connectivity index (χ2n) is 6.61. The number of benzene rings is 2. The Balaban J connectivity index is 1.62. The van der Waals surface area contributed by atoms with Crippen LogP contribution in [0.1, 0.15) is 23.1 Å². The fourth-order valence-corrected chi connectivity index (χ4v) is 3.59. The van der Waals surface area contributed by atoms with E-state index in [1.54, 1.807) is 20.3 Å². The lowest BCUT2D eigenvalue weighted by Gasteiger charge is -2.11. The number of hydrogen-bond donors (Lipinski definition) is 2. The lowest BCUT2D eigenvalue weighted by molar-refractivity contribution is 0.356. The van der Waals surface area contributed by atoms with Crippen LogP contribution in [0, 0.1) is 0 Å². The number of aryl methyl sites for hydroxylation is 2. The number of aromatic nitrogens is 1. The maximum Gasteiger partial charge on any atom is 0.253 e. The molecule has 0 spiro atoms. The zero-order chi connectivity index (χ0) is 18.1. The maximum absolute atomic E-state index is 12.4. The van der Waals surface area contributed by atoms with Gasteiger partial charge in [-0.25, -0.2) is 0 Å². The fourth-order valence-electron chi connectivity index (χ4n) is 3.59. The van der Waals surface area contributed by atoms with Crippen LogP contribution in [0.3, 0.4) is 0 Å². The number of fused-ring (bicyclic) bond motifs is 2. The molecule has 0 radical (unpaired) electrons. The summed E-state index contributed by atoms with van der Waals surface area (Å²) >= 11 is 0. The van der Waals surface area contributed by atoms with Crippen LogP contribution in [0.25, 0.3) is 10.9 Å². The highest BCUT2D eigenvalue weighted by molar-refractivity contribution is 5.83. The van der Waals surface area contributed by atoms with Crippen LogP contribution in [0.4, 0.5) is 5.69 Å². The Hall–Kier alpha value is -2.95. The van der Waals surface area contributed by atoms with Crippen LogP contribution in [0.5, 0.6) is 11.5 Å². The van der Waals surface area contributed by atoms with Crippen molar-refractivity contribution in [1.82, 2.24) is 4.98 Å². The van der Waals surface area contributed by atoms with E-state index in [0.717, 1.165) is 23.0 Å². The number of rotatable bonds is 5. The van der Waals surface area contributed by atoms with Crippen LogP contribution in [0.15, 0.2) is 41.2 Å². The molecule has 0 saturated heterocycles. The highest BCUT2D eigenvalue weighted by Gasteiger charge is 2.12. The Morgan fingerprint density at radius 2 is 1.77 bits per heavy atom. The molecule has 0 unspecified atom stereocenters. The van der Waals surface area contributed by atoms with E-state index >= 15 is 0 Å². The van der Waals surface area contributed by atoms with Gasteiger partial charge in [0.25, 0.3) is 5.56 Å². The molecule has 5 heteroatoms. The predicted octanol–water partition coefficient (Wildman–Crippen LogP) is 3.65. The number of anilines is 1. The molecule has 0 amide bonds. The van der Waals surface area contributed by atoms with Gasteiger partial charge in [-0.2, -0.15) is 0 Å². The van der Waals surface area contributed by atoms with Crippen molar-refractivity contribution in [1.29, 1.82) is 0 Å². The molecule has 0 saturated carbocycles. The summed E-state index contributed by atoms with van der Waals surface area (Å²) in [6, 6.07) is 12.0. The van der Waals surface area contributed by atoms with Crippen LogP contribution in [-0.2, 0) is 19.4 Å². The van der Waals surface area contributed by atoms with Gasteiger partial charge in [-0.05, 0) is 54.7 Å². The summed E-state index contributed by atoms with van der Waals surface area (Å²) in [5.74, 6) is 1.24. The molecule has 1 aliphatic carbocycles. The third-order valence-corrected chi connectivity index (χ3v) is 5.01. The van der Waals surface area contributed by atoms with Gasteiger partial charge in [0.05, 0.1) is 19.7 Å². The minimum absolute atomic E-state index is 0.0987. The van der Waals surface area contributed by atoms with Gasteiger partial charge in [0.1, 0.15) is 0 Å². The molecule has 134 valence electrons. The van der Waals surface area contributed by atoms with Crippen molar-refractivity contribution in [2.45, 2.75) is 25.8 Å². The van der Waals surface area contributed by atoms with Gasteiger partial charge in [0.15, 0.2) is 11.5 Å². The normalized spacial score (nSPS) is 12.8. The topological polar surface area (TPSA) is 63.3 Å². The number of ether oxygens (including phenoxy) is 2. The molecule has 4 rings (SSSR count). The molecule has 1 heterocycles. The molecule has 0 fully saturated rings. The highest BCUT2D eigenvalue weighted by Crippen LogP contribution is 2.31. The number of nitrogens with one attached hydrogen (secondary N) is 2. The van der Waals surface area contributed by atoms with Crippen molar-refractivity contribution in [2.24, 2.45) is 0 Å². The van der Waals surface area contributed by atoms with E-state index in [0.29, 0.717) is 23.6 Å². The lowest BCUT2D eigenvalue weighted by atomic mass is 10.1. The average molecular weight is 350 g/mol. The molecule has 5 nitrogen and oxygen atoms in total. The van der Waals surface area contributed by atoms with Crippen molar-refractivity contribution in [3.63, 3.8) is 0 Å². The summed E-state index contributed by atoms with van der Waals surface area (Å²) in [4.78, 5) is 15.4. The van der Waals surface area contributed by atoms with Gasteiger partial charge in [0, 0.05) is 29.2 Å². The molecule has 1 aromatic heterocycles. The Bertz CT molecular complexity index is 1020. The molecule has 26 heavy (non-hydrogen) atoms. The third kappa shape index (κ3) is 3.01. The maximum atomic E-state index is 12.4. The largest absolute Gasteiger partial charge is 0.493 e. The quantitative estimate of drug-likeness (QED) is 0.737. The Labute approximate surface area is 152 Å². The van der Waals surface area contributed by atoms with Gasteiger partial charge < -0.3 is 19.8 Å². The van der Waals surface area contributed by atoms with Crippen LogP contribution >= 0.6 is 0 Å². The van der Waals surface area contributed by atoms with E-state index in [1.165, 1.54) is 24.0 Å². The number of pyridine rings is 1. The molecule has 1 aliphatic rings. The summed E-state index contributed by atoms with van der Waals surface area (Å²) in [7, 11) is 3.18. The van der Waals surface area contributed by atoms with E-state index < -0.39 is 0 Å². The second kappa shape index (κ2) is 6.75. The summed E-state index contributed by atoms with van der Waals surface area (Å²) in [6.07, 6.45) is 3.54. The molecule has 2 aromatic carbocycles. The fraction of sp³-hybridized carbons (Fsp3) is 0.286. The minimum atomic E-state index is -0.0987. The first-order chi connectivity index (χ1) is 12.7. The molecule has 3 aromatic rings. The molecule has 2 N–H and O–H groups in total. The summed E-state index contributed by atoms with van der Waals surface area (Å²) < 4.78 is 10.7. The van der Waals surface area contributed by atoms with Crippen LogP contribution in [-0.4, -0.2) is 19.2 Å². The summed E-state index contributed by atoms with van der Waals surface area (Å²) in [6.45, 7) is 0.471. The highest BCUT2D eigenvalue weighted by atomic mass is 16.5. The number of methoxy groups -OCH3 is 2. The van der Waals surface area contributed by atoms with Crippen molar-refractivity contribution >= 4 is 16.6 Å². The third-order valence-electron chi connectivity index (χ3n) is 5.01. The first-order valence-electron chi connectivity index (χ1n) is 8.81. The van der Waals surface area contributed by atoms with Gasteiger partial charge in [-0.1, -0.05) is 6.07 Å². The molecule has 0 atom stereocenters. The van der Waals surface area contributed by atoms with Crippen molar-refractivity contribution in [2.75, 3.05) is 19.5 Å². The Kier molecular flexibility index (Phi) is 4.29. The lowest BCUT2D eigenvalue weighted by Crippen LogP contribution is -2.15. The number of aromatic amines is 1. The molecular weight excluding hydrogens is 328 g/mol. The van der Waals surface area contributed by atoms with E-state index in [2.05, 4.69) is 28.5 Å².